The SMILES string of the molecule is COCCc1ccc(Oc2cccc(SC)c2C#N)cc1. The van der Waals surface area contributed by atoms with E-state index in [-0.39, 0.29) is 0 Å². The maximum absolute atomic E-state index is 9.29. The number of nitriles is 1. The molecule has 0 aromatic heterocycles. The van der Waals surface area contributed by atoms with Gasteiger partial charge in [0.25, 0.3) is 0 Å². The first-order chi connectivity index (χ1) is 10.3. The molecule has 0 saturated heterocycles. The zero-order chi connectivity index (χ0) is 15.1. The van der Waals surface area contributed by atoms with E-state index < -0.39 is 0 Å². The molecule has 0 fully saturated rings. The van der Waals surface area contributed by atoms with Crippen molar-refractivity contribution in [3.05, 3.63) is 53.6 Å². The lowest BCUT2D eigenvalue weighted by molar-refractivity contribution is 0.202. The molecule has 0 amide bonds. The third-order valence-corrected chi connectivity index (χ3v) is 3.85. The molecule has 0 bridgehead atoms. The van der Waals surface area contributed by atoms with Gasteiger partial charge in [0.1, 0.15) is 23.1 Å². The summed E-state index contributed by atoms with van der Waals surface area (Å²) in [5, 5.41) is 9.29. The molecule has 0 atom stereocenters. The Morgan fingerprint density at radius 2 is 1.90 bits per heavy atom. The summed E-state index contributed by atoms with van der Waals surface area (Å²) >= 11 is 1.54. The number of rotatable bonds is 6. The average molecular weight is 299 g/mol. The van der Waals surface area contributed by atoms with Crippen molar-refractivity contribution in [1.82, 2.24) is 0 Å². The zero-order valence-corrected chi connectivity index (χ0v) is 12.9. The molecule has 0 heterocycles. The van der Waals surface area contributed by atoms with Crippen molar-refractivity contribution >= 4 is 11.8 Å². The molecule has 0 spiro atoms. The van der Waals surface area contributed by atoms with E-state index in [0.29, 0.717) is 17.9 Å². The van der Waals surface area contributed by atoms with Crippen LogP contribution in [0.2, 0.25) is 0 Å². The molecule has 0 N–H and O–H groups in total. The van der Waals surface area contributed by atoms with Crippen LogP contribution in [0.1, 0.15) is 11.1 Å². The fourth-order valence-corrected chi connectivity index (χ4v) is 2.51. The largest absolute Gasteiger partial charge is 0.456 e. The number of thioether (sulfide) groups is 1. The molecule has 0 aliphatic heterocycles. The van der Waals surface area contributed by atoms with Crippen LogP contribution in [0.3, 0.4) is 0 Å². The lowest BCUT2D eigenvalue weighted by Gasteiger charge is -2.10. The summed E-state index contributed by atoms with van der Waals surface area (Å²) in [6, 6.07) is 15.7. The number of nitrogens with zero attached hydrogens (tertiary/aromatic N) is 1. The monoisotopic (exact) mass is 299 g/mol. The Balaban J connectivity index is 2.17. The Hall–Kier alpha value is -1.96. The van der Waals surface area contributed by atoms with Crippen LogP contribution in [0.25, 0.3) is 0 Å². The first-order valence-corrected chi connectivity index (χ1v) is 7.83. The lowest BCUT2D eigenvalue weighted by atomic mass is 10.1. The molecule has 4 heteroatoms. The van der Waals surface area contributed by atoms with Crippen LogP contribution in [0.5, 0.6) is 11.5 Å². The maximum atomic E-state index is 9.29. The van der Waals surface area contributed by atoms with Crippen LogP contribution in [0.4, 0.5) is 0 Å². The van der Waals surface area contributed by atoms with E-state index in [0.717, 1.165) is 17.1 Å². The predicted octanol–water partition coefficient (Wildman–Crippen LogP) is 4.26. The van der Waals surface area contributed by atoms with Crippen molar-refractivity contribution < 1.29 is 9.47 Å². The molecule has 2 rings (SSSR count). The molecule has 2 aromatic rings. The number of hydrogen-bond donors (Lipinski definition) is 0. The highest BCUT2D eigenvalue weighted by Gasteiger charge is 2.09. The number of hydrogen-bond acceptors (Lipinski definition) is 4. The minimum absolute atomic E-state index is 0.577. The van der Waals surface area contributed by atoms with Crippen LogP contribution in [-0.2, 0) is 11.2 Å². The van der Waals surface area contributed by atoms with E-state index in [1.807, 2.05) is 48.7 Å². The topological polar surface area (TPSA) is 42.2 Å². The standard InChI is InChI=1S/C17H17NO2S/c1-19-11-10-13-6-8-14(9-7-13)20-16-4-3-5-17(21-2)15(16)12-18/h3-9H,10-11H2,1-2H3. The molecule has 0 aliphatic rings. The summed E-state index contributed by atoms with van der Waals surface area (Å²) in [4.78, 5) is 0.923. The fraction of sp³-hybridized carbons (Fsp3) is 0.235. The van der Waals surface area contributed by atoms with Crippen LogP contribution >= 0.6 is 11.8 Å². The van der Waals surface area contributed by atoms with E-state index in [4.69, 9.17) is 9.47 Å². The molecule has 0 saturated carbocycles. The molecule has 3 nitrogen and oxygen atoms in total. The van der Waals surface area contributed by atoms with Gasteiger partial charge in [-0.2, -0.15) is 5.26 Å². The molecular weight excluding hydrogens is 282 g/mol. The summed E-state index contributed by atoms with van der Waals surface area (Å²) in [6.45, 7) is 0.703. The van der Waals surface area contributed by atoms with Gasteiger partial charge in [-0.15, -0.1) is 11.8 Å². The number of ether oxygens (including phenoxy) is 2. The highest BCUT2D eigenvalue weighted by atomic mass is 32.2. The second-order valence-corrected chi connectivity index (χ2v) is 5.28. The van der Waals surface area contributed by atoms with Crippen LogP contribution in [0.15, 0.2) is 47.4 Å². The number of benzene rings is 2. The van der Waals surface area contributed by atoms with Gasteiger partial charge in [-0.3, -0.25) is 0 Å². The van der Waals surface area contributed by atoms with Crippen LogP contribution in [0, 0.1) is 11.3 Å². The van der Waals surface area contributed by atoms with Gasteiger partial charge >= 0.3 is 0 Å². The Labute approximate surface area is 129 Å². The van der Waals surface area contributed by atoms with E-state index in [1.54, 1.807) is 7.11 Å². The minimum Gasteiger partial charge on any atom is -0.456 e. The van der Waals surface area contributed by atoms with E-state index >= 15 is 0 Å². The average Bonchev–Trinajstić information content (AvgIpc) is 2.54. The summed E-state index contributed by atoms with van der Waals surface area (Å²) in [5.41, 5.74) is 1.77. The van der Waals surface area contributed by atoms with Crippen molar-refractivity contribution in [2.75, 3.05) is 20.0 Å². The normalized spacial score (nSPS) is 10.1. The van der Waals surface area contributed by atoms with Crippen molar-refractivity contribution in [1.29, 1.82) is 5.26 Å². The smallest absolute Gasteiger partial charge is 0.146 e. The molecule has 2 aromatic carbocycles. The lowest BCUT2D eigenvalue weighted by Crippen LogP contribution is -1.94. The highest BCUT2D eigenvalue weighted by Crippen LogP contribution is 2.31. The molecule has 0 aliphatic carbocycles. The third kappa shape index (κ3) is 4.01. The summed E-state index contributed by atoms with van der Waals surface area (Å²) < 4.78 is 10.9. The van der Waals surface area contributed by atoms with Crippen molar-refractivity contribution in [2.45, 2.75) is 11.3 Å². The zero-order valence-electron chi connectivity index (χ0n) is 12.1. The first kappa shape index (κ1) is 15.4. The van der Waals surface area contributed by atoms with Gasteiger partial charge in [0.05, 0.1) is 6.61 Å². The van der Waals surface area contributed by atoms with Gasteiger partial charge in [0.2, 0.25) is 0 Å². The minimum atomic E-state index is 0.577. The Morgan fingerprint density at radius 3 is 2.52 bits per heavy atom. The second kappa shape index (κ2) is 7.72. The highest BCUT2D eigenvalue weighted by molar-refractivity contribution is 7.98. The van der Waals surface area contributed by atoms with E-state index in [9.17, 15) is 5.26 Å². The molecule has 21 heavy (non-hydrogen) atoms. The van der Waals surface area contributed by atoms with Gasteiger partial charge in [-0.05, 0) is 42.5 Å². The second-order valence-electron chi connectivity index (χ2n) is 4.43. The van der Waals surface area contributed by atoms with Crippen molar-refractivity contribution in [3.8, 4) is 17.6 Å². The van der Waals surface area contributed by atoms with E-state index in [2.05, 4.69) is 6.07 Å². The van der Waals surface area contributed by atoms with Gasteiger partial charge in [-0.25, -0.2) is 0 Å². The van der Waals surface area contributed by atoms with Gasteiger partial charge < -0.3 is 9.47 Å². The fourth-order valence-electron chi connectivity index (χ4n) is 1.95. The first-order valence-electron chi connectivity index (χ1n) is 6.61. The summed E-state index contributed by atoms with van der Waals surface area (Å²) in [5.74, 6) is 1.32. The maximum Gasteiger partial charge on any atom is 0.146 e. The molecule has 0 radical (unpaired) electrons. The third-order valence-electron chi connectivity index (χ3n) is 3.07. The number of methoxy groups -OCH3 is 1. The summed E-state index contributed by atoms with van der Waals surface area (Å²) in [6.07, 6.45) is 2.83. The molecule has 108 valence electrons. The molecular formula is C17H17NO2S. The van der Waals surface area contributed by atoms with Gasteiger partial charge in [0.15, 0.2) is 0 Å². The van der Waals surface area contributed by atoms with Crippen molar-refractivity contribution in [2.24, 2.45) is 0 Å². The Morgan fingerprint density at radius 1 is 1.14 bits per heavy atom. The van der Waals surface area contributed by atoms with Crippen molar-refractivity contribution in [3.63, 3.8) is 0 Å². The van der Waals surface area contributed by atoms with Gasteiger partial charge in [-0.1, -0.05) is 18.2 Å². The quantitative estimate of drug-likeness (QED) is 0.747. The molecule has 0 unspecified atom stereocenters. The predicted molar refractivity (Wildman–Crippen MR) is 85.0 cm³/mol. The Bertz CT molecular complexity index is 632. The van der Waals surface area contributed by atoms with Gasteiger partial charge in [0, 0.05) is 12.0 Å². The van der Waals surface area contributed by atoms with Crippen LogP contribution < -0.4 is 4.74 Å². The van der Waals surface area contributed by atoms with Crippen LogP contribution in [-0.4, -0.2) is 20.0 Å². The van der Waals surface area contributed by atoms with E-state index in [1.165, 1.54) is 17.3 Å². The Kier molecular flexibility index (Phi) is 5.68. The summed E-state index contributed by atoms with van der Waals surface area (Å²) in [7, 11) is 1.69.